The molecule has 9 aromatic carbocycles. The van der Waals surface area contributed by atoms with E-state index in [0.29, 0.717) is 0 Å². The third-order valence-electron chi connectivity index (χ3n) is 18.0. The maximum absolute atomic E-state index is 2.65. The molecule has 12 rings (SSSR count). The first-order valence-electron chi connectivity index (χ1n) is 29.8. The largest absolute Gasteiger partial charge is 0.343 e. The summed E-state index contributed by atoms with van der Waals surface area (Å²) in [6, 6.07) is 68.9. The Kier molecular flexibility index (Phi) is 12.8. The molecule has 0 unspecified atom stereocenters. The van der Waals surface area contributed by atoms with Crippen molar-refractivity contribution in [3.8, 4) is 11.1 Å². The predicted molar refractivity (Wildman–Crippen MR) is 358 cm³/mol. The fraction of sp³-hybridized carbons (Fsp3) is 0.299. The predicted octanol–water partition coefficient (Wildman–Crippen LogP) is 19.7. The van der Waals surface area contributed by atoms with E-state index < -0.39 is 0 Å². The van der Waals surface area contributed by atoms with E-state index in [1.54, 1.807) is 0 Å². The monoisotopic (exact) mass is 1070 g/mol. The van der Waals surface area contributed by atoms with E-state index in [1.165, 1.54) is 111 Å². The first-order chi connectivity index (χ1) is 38.6. The molecule has 0 N–H and O–H groups in total. The van der Waals surface area contributed by atoms with Gasteiger partial charge in [-0.25, -0.2) is 0 Å². The Morgan fingerprint density at radius 1 is 0.390 bits per heavy atom. The van der Waals surface area contributed by atoms with Crippen molar-refractivity contribution in [1.29, 1.82) is 0 Å². The van der Waals surface area contributed by atoms with Crippen molar-refractivity contribution < 1.29 is 0 Å². The van der Waals surface area contributed by atoms with E-state index in [4.69, 9.17) is 0 Å². The highest BCUT2D eigenvalue weighted by molar-refractivity contribution is 7.00. The Hall–Kier alpha value is -7.76. The van der Waals surface area contributed by atoms with Crippen molar-refractivity contribution in [2.24, 2.45) is 7.05 Å². The zero-order chi connectivity index (χ0) is 58.3. The summed E-state index contributed by atoms with van der Waals surface area (Å²) in [5, 5.41) is 2.45. The molecular weight excluding hydrogens is 992 g/mol. The number of anilines is 9. The fourth-order valence-electron chi connectivity index (χ4n) is 13.0. The van der Waals surface area contributed by atoms with Crippen LogP contribution in [-0.4, -0.2) is 11.3 Å². The smallest absolute Gasteiger partial charge is 0.252 e. The Labute approximate surface area is 490 Å². The van der Waals surface area contributed by atoms with Gasteiger partial charge in [0, 0.05) is 63.1 Å². The highest BCUT2D eigenvalue weighted by Gasteiger charge is 2.45. The van der Waals surface area contributed by atoms with Gasteiger partial charge in [-0.15, -0.1) is 0 Å². The molecule has 0 spiro atoms. The number of rotatable bonds is 6. The second kappa shape index (κ2) is 19.2. The van der Waals surface area contributed by atoms with Crippen LogP contribution in [0.3, 0.4) is 0 Å². The molecule has 2 aliphatic heterocycles. The third kappa shape index (κ3) is 9.33. The average molecular weight is 1080 g/mol. The quantitative estimate of drug-likeness (QED) is 0.154. The molecular formula is C77H83BN4. The molecule has 1 aromatic heterocycles. The van der Waals surface area contributed by atoms with E-state index in [0.717, 1.165) is 28.4 Å². The maximum atomic E-state index is 2.65. The number of para-hydroxylation sites is 1. The standard InChI is InChI=1S/C77H83BN4/c1-48-23-24-49(2)61(41-48)50-42-69-72-70(43-50)82(66-40-32-55(77(15,16)17)45-63(66)78(72)62-44-54(76(12,13)14)31-39-65(62)81(69)58-37-29-53(30-38-58)75(9,10)11)59-46-67-71(60-21-19-20-22-64(60)79(67)18)68(47-59)80(56-33-25-51(26-34-56)73(3,4)5)57-35-27-52(28-36-57)74(6,7)8/h19-47H,1-18H3. The van der Waals surface area contributed by atoms with Gasteiger partial charge in [-0.3, -0.25) is 0 Å². The van der Waals surface area contributed by atoms with Crippen LogP contribution in [0.2, 0.25) is 0 Å². The minimum atomic E-state index is -0.0953. The van der Waals surface area contributed by atoms with E-state index in [2.05, 4.69) is 320 Å². The molecule has 82 heavy (non-hydrogen) atoms. The second-order valence-electron chi connectivity index (χ2n) is 29.1. The third-order valence-corrected chi connectivity index (χ3v) is 18.0. The molecule has 0 amide bonds. The van der Waals surface area contributed by atoms with Crippen LogP contribution in [-0.2, 0) is 34.1 Å². The van der Waals surface area contributed by atoms with Crippen molar-refractivity contribution in [3.05, 3.63) is 215 Å². The van der Waals surface area contributed by atoms with Gasteiger partial charge in [0.2, 0.25) is 0 Å². The lowest BCUT2D eigenvalue weighted by atomic mass is 9.33. The first kappa shape index (κ1) is 54.8. The molecule has 4 nitrogen and oxygen atoms in total. The van der Waals surface area contributed by atoms with Crippen molar-refractivity contribution in [2.45, 2.75) is 145 Å². The lowest BCUT2D eigenvalue weighted by Gasteiger charge is -2.45. The molecule has 414 valence electrons. The second-order valence-corrected chi connectivity index (χ2v) is 29.1. The van der Waals surface area contributed by atoms with E-state index in [9.17, 15) is 0 Å². The number of hydrogen-bond acceptors (Lipinski definition) is 3. The van der Waals surface area contributed by atoms with Crippen molar-refractivity contribution >= 4 is 96.1 Å². The molecule has 0 saturated carbocycles. The number of fused-ring (bicyclic) bond motifs is 7. The van der Waals surface area contributed by atoms with Crippen LogP contribution in [0.15, 0.2) is 176 Å². The zero-order valence-corrected chi connectivity index (χ0v) is 52.1. The maximum Gasteiger partial charge on any atom is 0.252 e. The lowest BCUT2D eigenvalue weighted by molar-refractivity contribution is 0.590. The van der Waals surface area contributed by atoms with E-state index >= 15 is 0 Å². The summed E-state index contributed by atoms with van der Waals surface area (Å²) in [5.74, 6) is 0. The van der Waals surface area contributed by atoms with Crippen LogP contribution in [0.4, 0.5) is 51.2 Å². The zero-order valence-electron chi connectivity index (χ0n) is 52.1. The minimum absolute atomic E-state index is 0.00214. The van der Waals surface area contributed by atoms with Gasteiger partial charge in [-0.05, 0) is 181 Å². The number of benzene rings is 9. The molecule has 2 aliphatic rings. The van der Waals surface area contributed by atoms with Gasteiger partial charge in [0.1, 0.15) is 0 Å². The summed E-state index contributed by atoms with van der Waals surface area (Å²) in [7, 11) is 2.25. The summed E-state index contributed by atoms with van der Waals surface area (Å²) in [6.07, 6.45) is 0. The Morgan fingerprint density at radius 3 is 1.33 bits per heavy atom. The van der Waals surface area contributed by atoms with E-state index in [-0.39, 0.29) is 33.8 Å². The summed E-state index contributed by atoms with van der Waals surface area (Å²) >= 11 is 0. The molecule has 0 saturated heterocycles. The van der Waals surface area contributed by atoms with Crippen LogP contribution in [0.1, 0.15) is 143 Å². The van der Waals surface area contributed by atoms with Gasteiger partial charge in [-0.1, -0.05) is 206 Å². The number of nitrogens with zero attached hydrogens (tertiary/aromatic N) is 4. The summed E-state index contributed by atoms with van der Waals surface area (Å²) in [4.78, 5) is 7.77. The normalized spacial score (nSPS) is 13.7. The molecule has 0 atom stereocenters. The van der Waals surface area contributed by atoms with Gasteiger partial charge in [0.25, 0.3) is 6.71 Å². The van der Waals surface area contributed by atoms with Gasteiger partial charge < -0.3 is 19.3 Å². The highest BCUT2D eigenvalue weighted by Crippen LogP contribution is 2.51. The van der Waals surface area contributed by atoms with Gasteiger partial charge >= 0.3 is 0 Å². The van der Waals surface area contributed by atoms with Crippen LogP contribution < -0.4 is 31.1 Å². The fourth-order valence-corrected chi connectivity index (χ4v) is 13.0. The molecule has 3 heterocycles. The molecule has 10 aromatic rings. The number of aryl methyl sites for hydroxylation is 3. The lowest BCUT2D eigenvalue weighted by Crippen LogP contribution is -2.61. The molecule has 5 heteroatoms. The van der Waals surface area contributed by atoms with Crippen molar-refractivity contribution in [1.82, 2.24) is 4.57 Å². The summed E-state index contributed by atoms with van der Waals surface area (Å²) in [5.41, 5.74) is 28.2. The SMILES string of the molecule is Cc1ccc(C)c(-c2cc3c4c(c2)N(c2cc(N(c5ccc(C(C)(C)C)cc5)c5ccc(C(C)(C)C)cc5)c5c6ccccc6n(C)c5c2)c2ccc(C(C)(C)C)cc2B4c2cc(C(C)(C)C)ccc2N3c2ccc(C(C)(C)C)cc2)c1. The minimum Gasteiger partial charge on any atom is -0.343 e. The Morgan fingerprint density at radius 2 is 0.841 bits per heavy atom. The highest BCUT2D eigenvalue weighted by atomic mass is 15.2. The topological polar surface area (TPSA) is 14.7 Å². The van der Waals surface area contributed by atoms with Gasteiger partial charge in [0.05, 0.1) is 16.9 Å². The van der Waals surface area contributed by atoms with Crippen LogP contribution in [0, 0.1) is 13.8 Å². The van der Waals surface area contributed by atoms with Gasteiger partial charge in [-0.2, -0.15) is 0 Å². The van der Waals surface area contributed by atoms with Crippen LogP contribution >= 0.6 is 0 Å². The van der Waals surface area contributed by atoms with Crippen LogP contribution in [0.25, 0.3) is 32.9 Å². The number of hydrogen-bond donors (Lipinski definition) is 0. The first-order valence-corrected chi connectivity index (χ1v) is 29.8. The summed E-state index contributed by atoms with van der Waals surface area (Å²) < 4.78 is 2.42. The summed E-state index contributed by atoms with van der Waals surface area (Å²) in [6.45, 7) is 39.3. The molecule has 0 fully saturated rings. The Balaban J connectivity index is 1.23. The van der Waals surface area contributed by atoms with Crippen molar-refractivity contribution in [2.75, 3.05) is 14.7 Å². The number of aromatic nitrogens is 1. The molecule has 0 aliphatic carbocycles. The molecule has 0 radical (unpaired) electrons. The van der Waals surface area contributed by atoms with E-state index in [1.807, 2.05) is 0 Å². The van der Waals surface area contributed by atoms with Crippen molar-refractivity contribution in [3.63, 3.8) is 0 Å². The average Bonchev–Trinajstić information content (AvgIpc) is 3.42. The van der Waals surface area contributed by atoms with Gasteiger partial charge in [0.15, 0.2) is 0 Å². The van der Waals surface area contributed by atoms with Crippen LogP contribution in [0.5, 0.6) is 0 Å². The Bertz CT molecular complexity index is 4080. The molecule has 0 bridgehead atoms.